The molecule has 0 radical (unpaired) electrons. The van der Waals surface area contributed by atoms with E-state index in [4.69, 9.17) is 4.74 Å². The van der Waals surface area contributed by atoms with E-state index in [1.807, 2.05) is 27.9 Å². The lowest BCUT2D eigenvalue weighted by molar-refractivity contribution is 0.0799. The SMILES string of the molecule is CCOC(C)CNS(=O)(=O)c1cc(CNC)n(C)c1. The van der Waals surface area contributed by atoms with E-state index in [0.717, 1.165) is 5.69 Å². The molecule has 0 aromatic carbocycles. The molecule has 0 spiro atoms. The second-order valence-electron chi connectivity index (χ2n) is 4.43. The molecule has 1 rings (SSSR count). The van der Waals surface area contributed by atoms with Gasteiger partial charge in [0, 0.05) is 38.6 Å². The quantitative estimate of drug-likeness (QED) is 0.729. The Morgan fingerprint density at radius 1 is 1.47 bits per heavy atom. The lowest BCUT2D eigenvalue weighted by Gasteiger charge is -2.12. The van der Waals surface area contributed by atoms with Crippen LogP contribution in [-0.2, 0) is 28.4 Å². The minimum absolute atomic E-state index is 0.139. The lowest BCUT2D eigenvalue weighted by atomic mass is 10.4. The summed E-state index contributed by atoms with van der Waals surface area (Å²) in [5.41, 5.74) is 0.917. The van der Waals surface area contributed by atoms with E-state index in [9.17, 15) is 8.42 Å². The monoisotopic (exact) mass is 289 g/mol. The largest absolute Gasteiger partial charge is 0.377 e. The zero-order chi connectivity index (χ0) is 14.5. The van der Waals surface area contributed by atoms with E-state index in [1.165, 1.54) is 0 Å². The van der Waals surface area contributed by atoms with Crippen LogP contribution in [-0.4, -0.2) is 39.3 Å². The normalized spacial score (nSPS) is 13.7. The minimum Gasteiger partial charge on any atom is -0.377 e. The molecular weight excluding hydrogens is 266 g/mol. The van der Waals surface area contributed by atoms with Crippen molar-refractivity contribution in [2.24, 2.45) is 7.05 Å². The molecule has 0 bridgehead atoms. The van der Waals surface area contributed by atoms with E-state index in [2.05, 4.69) is 10.0 Å². The highest BCUT2D eigenvalue weighted by Crippen LogP contribution is 2.13. The van der Waals surface area contributed by atoms with Crippen LogP contribution >= 0.6 is 0 Å². The van der Waals surface area contributed by atoms with Crippen LogP contribution in [0.4, 0.5) is 0 Å². The van der Waals surface area contributed by atoms with Gasteiger partial charge in [0.05, 0.1) is 11.0 Å². The fourth-order valence-electron chi connectivity index (χ4n) is 1.73. The van der Waals surface area contributed by atoms with Crippen molar-refractivity contribution in [3.8, 4) is 0 Å². The van der Waals surface area contributed by atoms with Gasteiger partial charge in [-0.05, 0) is 27.0 Å². The maximum atomic E-state index is 12.1. The molecule has 1 unspecified atom stereocenters. The fourth-order valence-corrected chi connectivity index (χ4v) is 2.94. The third-order valence-corrected chi connectivity index (χ3v) is 4.15. The standard InChI is InChI=1S/C12H23N3O3S/c1-5-18-10(2)7-14-19(16,17)12-6-11(8-13-3)15(4)9-12/h6,9-10,13-14H,5,7-8H2,1-4H3. The lowest BCUT2D eigenvalue weighted by Crippen LogP contribution is -2.32. The zero-order valence-corrected chi connectivity index (χ0v) is 12.8. The Morgan fingerprint density at radius 3 is 2.74 bits per heavy atom. The van der Waals surface area contributed by atoms with Crippen molar-refractivity contribution in [3.63, 3.8) is 0 Å². The predicted octanol–water partition coefficient (Wildman–Crippen LogP) is 0.448. The second-order valence-corrected chi connectivity index (χ2v) is 6.19. The van der Waals surface area contributed by atoms with Crippen LogP contribution in [0.25, 0.3) is 0 Å². The van der Waals surface area contributed by atoms with Crippen LogP contribution in [0.15, 0.2) is 17.2 Å². The first-order chi connectivity index (χ1) is 8.90. The van der Waals surface area contributed by atoms with Gasteiger partial charge in [0.1, 0.15) is 0 Å². The summed E-state index contributed by atoms with van der Waals surface area (Å²) in [6.45, 7) is 5.18. The maximum Gasteiger partial charge on any atom is 0.242 e. The molecule has 1 aromatic heterocycles. The first-order valence-corrected chi connectivity index (χ1v) is 7.80. The Hall–Kier alpha value is -0.890. The highest BCUT2D eigenvalue weighted by molar-refractivity contribution is 7.89. The molecule has 2 N–H and O–H groups in total. The van der Waals surface area contributed by atoms with E-state index in [0.29, 0.717) is 13.2 Å². The number of aromatic nitrogens is 1. The molecule has 0 aliphatic rings. The third-order valence-electron chi connectivity index (χ3n) is 2.76. The Morgan fingerprint density at radius 2 is 2.16 bits per heavy atom. The molecule has 0 aliphatic heterocycles. The molecule has 1 atom stereocenters. The van der Waals surface area contributed by atoms with Crippen molar-refractivity contribution in [1.29, 1.82) is 0 Å². The van der Waals surface area contributed by atoms with E-state index in [-0.39, 0.29) is 17.5 Å². The third kappa shape index (κ3) is 4.61. The summed E-state index contributed by atoms with van der Waals surface area (Å²) < 4.78 is 33.9. The Bertz CT molecular complexity index is 496. The summed E-state index contributed by atoms with van der Waals surface area (Å²) >= 11 is 0. The highest BCUT2D eigenvalue weighted by Gasteiger charge is 2.18. The van der Waals surface area contributed by atoms with Crippen LogP contribution in [0.1, 0.15) is 19.5 Å². The average Bonchev–Trinajstić information content (AvgIpc) is 2.71. The average molecular weight is 289 g/mol. The molecule has 6 nitrogen and oxygen atoms in total. The van der Waals surface area contributed by atoms with Gasteiger partial charge in [0.15, 0.2) is 0 Å². The summed E-state index contributed by atoms with van der Waals surface area (Å²) in [6, 6.07) is 1.67. The van der Waals surface area contributed by atoms with Crippen LogP contribution in [0, 0.1) is 0 Å². The topological polar surface area (TPSA) is 72.4 Å². The van der Waals surface area contributed by atoms with Crippen molar-refractivity contribution < 1.29 is 13.2 Å². The summed E-state index contributed by atoms with van der Waals surface area (Å²) in [5, 5.41) is 3.00. The van der Waals surface area contributed by atoms with Crippen LogP contribution in [0.2, 0.25) is 0 Å². The number of hydrogen-bond donors (Lipinski definition) is 2. The number of nitrogens with one attached hydrogen (secondary N) is 2. The molecular formula is C12H23N3O3S. The number of rotatable bonds is 8. The van der Waals surface area contributed by atoms with Crippen molar-refractivity contribution in [2.45, 2.75) is 31.4 Å². The Kier molecular flexibility index (Phi) is 5.99. The fraction of sp³-hybridized carbons (Fsp3) is 0.667. The summed E-state index contributed by atoms with van der Waals surface area (Å²) in [6.07, 6.45) is 1.47. The predicted molar refractivity (Wildman–Crippen MR) is 74.5 cm³/mol. The van der Waals surface area contributed by atoms with Crippen LogP contribution in [0.3, 0.4) is 0 Å². The van der Waals surface area contributed by atoms with Gasteiger partial charge in [-0.3, -0.25) is 0 Å². The van der Waals surface area contributed by atoms with E-state index < -0.39 is 10.0 Å². The molecule has 110 valence electrons. The second kappa shape index (κ2) is 7.04. The van der Waals surface area contributed by atoms with Gasteiger partial charge in [0.2, 0.25) is 10.0 Å². The molecule has 19 heavy (non-hydrogen) atoms. The van der Waals surface area contributed by atoms with Crippen molar-refractivity contribution in [2.75, 3.05) is 20.2 Å². The van der Waals surface area contributed by atoms with Gasteiger partial charge >= 0.3 is 0 Å². The molecule has 1 aromatic rings. The zero-order valence-electron chi connectivity index (χ0n) is 11.9. The highest BCUT2D eigenvalue weighted by atomic mass is 32.2. The van der Waals surface area contributed by atoms with Gasteiger partial charge in [0.25, 0.3) is 0 Å². The number of sulfonamides is 1. The van der Waals surface area contributed by atoms with Crippen molar-refractivity contribution >= 4 is 10.0 Å². The van der Waals surface area contributed by atoms with Gasteiger partial charge in [-0.1, -0.05) is 0 Å². The molecule has 0 amide bonds. The molecule has 0 fully saturated rings. The van der Waals surface area contributed by atoms with Crippen LogP contribution < -0.4 is 10.0 Å². The molecule has 0 aliphatic carbocycles. The van der Waals surface area contributed by atoms with E-state index in [1.54, 1.807) is 16.8 Å². The van der Waals surface area contributed by atoms with E-state index >= 15 is 0 Å². The first kappa shape index (κ1) is 16.2. The summed E-state index contributed by atoms with van der Waals surface area (Å²) in [4.78, 5) is 0.281. The Labute approximate surface area is 115 Å². The number of aryl methyl sites for hydroxylation is 1. The smallest absolute Gasteiger partial charge is 0.242 e. The maximum absolute atomic E-state index is 12.1. The van der Waals surface area contributed by atoms with Crippen molar-refractivity contribution in [3.05, 3.63) is 18.0 Å². The summed E-state index contributed by atoms with van der Waals surface area (Å²) in [7, 11) is 0.178. The van der Waals surface area contributed by atoms with Crippen molar-refractivity contribution in [1.82, 2.24) is 14.6 Å². The number of nitrogens with zero attached hydrogens (tertiary/aromatic N) is 1. The summed E-state index contributed by atoms with van der Waals surface area (Å²) in [5.74, 6) is 0. The molecule has 0 saturated heterocycles. The van der Waals surface area contributed by atoms with Gasteiger partial charge in [-0.15, -0.1) is 0 Å². The molecule has 0 saturated carbocycles. The molecule has 7 heteroatoms. The van der Waals surface area contributed by atoms with Gasteiger partial charge in [-0.25, -0.2) is 13.1 Å². The van der Waals surface area contributed by atoms with Gasteiger partial charge < -0.3 is 14.6 Å². The number of hydrogen-bond acceptors (Lipinski definition) is 4. The molecule has 1 heterocycles. The minimum atomic E-state index is -3.47. The van der Waals surface area contributed by atoms with Gasteiger partial charge in [-0.2, -0.15) is 0 Å². The van der Waals surface area contributed by atoms with Crippen LogP contribution in [0.5, 0.6) is 0 Å². The Balaban J connectivity index is 2.74. The first-order valence-electron chi connectivity index (χ1n) is 6.31. The number of ether oxygens (including phenoxy) is 1.